The Bertz CT molecular complexity index is 1460. The van der Waals surface area contributed by atoms with Gasteiger partial charge < -0.3 is 20.3 Å². The summed E-state index contributed by atoms with van der Waals surface area (Å²) in [5, 5.41) is 12.8. The number of amides is 3. The number of carbonyl (C=O) groups excluding carboxylic acids is 2. The van der Waals surface area contributed by atoms with Crippen LogP contribution in [0.1, 0.15) is 46.7 Å². The number of benzene rings is 3. The number of hydrogen-bond donors (Lipinski definition) is 2. The third-order valence-corrected chi connectivity index (χ3v) is 6.69. The van der Waals surface area contributed by atoms with Crippen LogP contribution in [0.3, 0.4) is 0 Å². The molecule has 0 bridgehead atoms. The van der Waals surface area contributed by atoms with Crippen molar-refractivity contribution in [3.8, 4) is 11.4 Å². The number of carbonyl (C=O) groups is 2. The molecule has 0 unspecified atom stereocenters. The van der Waals surface area contributed by atoms with Gasteiger partial charge in [-0.2, -0.15) is 5.10 Å². The third-order valence-electron chi connectivity index (χ3n) is 6.69. The van der Waals surface area contributed by atoms with Crippen molar-refractivity contribution in [3.05, 3.63) is 78.5 Å². The summed E-state index contributed by atoms with van der Waals surface area (Å²) >= 11 is 0. The number of methoxy groups -OCH3 is 1. The Morgan fingerprint density at radius 3 is 2.35 bits per heavy atom. The molecule has 0 saturated carbocycles. The van der Waals surface area contributed by atoms with E-state index < -0.39 is 0 Å². The Morgan fingerprint density at radius 2 is 1.68 bits per heavy atom. The van der Waals surface area contributed by atoms with Gasteiger partial charge in [0.15, 0.2) is 0 Å². The van der Waals surface area contributed by atoms with Crippen LogP contribution >= 0.6 is 0 Å². The highest BCUT2D eigenvalue weighted by atomic mass is 16.5. The molecule has 0 aliphatic heterocycles. The van der Waals surface area contributed by atoms with E-state index in [1.54, 1.807) is 16.7 Å². The monoisotopic (exact) mass is 541 g/mol. The van der Waals surface area contributed by atoms with Gasteiger partial charge in [-0.05, 0) is 48.1 Å². The highest BCUT2D eigenvalue weighted by molar-refractivity contribution is 6.03. The average Bonchev–Trinajstić information content (AvgIpc) is 3.35. The molecule has 0 radical (unpaired) electrons. The first-order valence-corrected chi connectivity index (χ1v) is 13.6. The molecule has 0 atom stereocenters. The van der Waals surface area contributed by atoms with Crippen molar-refractivity contribution >= 4 is 34.2 Å². The highest BCUT2D eigenvalue weighted by Crippen LogP contribution is 2.27. The van der Waals surface area contributed by atoms with E-state index in [4.69, 9.17) is 9.84 Å². The zero-order chi connectivity index (χ0) is 28.9. The maximum Gasteiger partial charge on any atom is 0.322 e. The van der Waals surface area contributed by atoms with Gasteiger partial charge in [0.25, 0.3) is 0 Å². The second kappa shape index (κ2) is 12.2. The van der Waals surface area contributed by atoms with Crippen LogP contribution in [0.5, 0.6) is 5.75 Å². The topological polar surface area (TPSA) is 88.5 Å². The van der Waals surface area contributed by atoms with Crippen LogP contribution in [-0.4, -0.2) is 46.8 Å². The molecule has 0 fully saturated rings. The molecule has 0 saturated heterocycles. The van der Waals surface area contributed by atoms with Gasteiger partial charge in [-0.1, -0.05) is 71.0 Å². The van der Waals surface area contributed by atoms with Gasteiger partial charge in [-0.15, -0.1) is 0 Å². The van der Waals surface area contributed by atoms with Crippen LogP contribution in [0.25, 0.3) is 16.5 Å². The fourth-order valence-electron chi connectivity index (χ4n) is 4.31. The number of ether oxygens (including phenoxy) is 1. The maximum atomic E-state index is 13.4. The number of anilines is 2. The van der Waals surface area contributed by atoms with Crippen LogP contribution in [0.2, 0.25) is 0 Å². The number of urea groups is 1. The minimum atomic E-state index is -0.314. The predicted octanol–water partition coefficient (Wildman–Crippen LogP) is 6.85. The first-order chi connectivity index (χ1) is 19.0. The smallest absolute Gasteiger partial charge is 0.322 e. The maximum absolute atomic E-state index is 13.4. The fraction of sp³-hybridized carbons (Fsp3) is 0.344. The second-order valence-electron chi connectivity index (χ2n) is 11.4. The molecule has 3 aromatic carbocycles. The first-order valence-electron chi connectivity index (χ1n) is 13.6. The normalized spacial score (nSPS) is 11.5. The zero-order valence-corrected chi connectivity index (χ0v) is 24.2. The number of aromatic nitrogens is 2. The lowest BCUT2D eigenvalue weighted by molar-refractivity contribution is -0.116. The van der Waals surface area contributed by atoms with Crippen molar-refractivity contribution in [2.24, 2.45) is 5.92 Å². The van der Waals surface area contributed by atoms with Gasteiger partial charge in [0.2, 0.25) is 5.91 Å². The van der Waals surface area contributed by atoms with Gasteiger partial charge in [0.1, 0.15) is 18.1 Å². The molecule has 1 aromatic heterocycles. The Labute approximate surface area is 236 Å². The van der Waals surface area contributed by atoms with Crippen LogP contribution < -0.4 is 15.4 Å². The number of nitrogens with zero attached hydrogens (tertiary/aromatic N) is 3. The molecule has 0 spiro atoms. The number of nitrogens with one attached hydrogen (secondary N) is 2. The van der Waals surface area contributed by atoms with Crippen LogP contribution in [-0.2, 0) is 10.2 Å². The van der Waals surface area contributed by atoms with Crippen molar-refractivity contribution in [1.29, 1.82) is 0 Å². The Hall–Kier alpha value is -4.33. The van der Waals surface area contributed by atoms with E-state index >= 15 is 0 Å². The standard InChI is InChI=1S/C32H39N5O3/c1-22(2)18-19-36(31(39)33-27-13-9-11-23-10-7-8-12-26(23)27)21-30(38)34-29-20-28(32(3,4)5)35-37(29)24-14-16-25(40-6)17-15-24/h7-17,20,22H,18-19,21H2,1-6H3,(H,33,39)(H,34,38). The summed E-state index contributed by atoms with van der Waals surface area (Å²) in [7, 11) is 1.62. The van der Waals surface area contributed by atoms with E-state index in [1.807, 2.05) is 72.8 Å². The minimum absolute atomic E-state index is 0.0953. The third kappa shape index (κ3) is 7.00. The summed E-state index contributed by atoms with van der Waals surface area (Å²) in [5.41, 5.74) is 2.12. The lowest BCUT2D eigenvalue weighted by atomic mass is 9.92. The first kappa shape index (κ1) is 28.7. The number of hydrogen-bond acceptors (Lipinski definition) is 4. The molecule has 1 heterocycles. The van der Waals surface area contributed by atoms with Gasteiger partial charge >= 0.3 is 6.03 Å². The van der Waals surface area contributed by atoms with E-state index in [0.29, 0.717) is 24.0 Å². The molecule has 40 heavy (non-hydrogen) atoms. The molecular weight excluding hydrogens is 502 g/mol. The van der Waals surface area contributed by atoms with Crippen molar-refractivity contribution < 1.29 is 14.3 Å². The summed E-state index contributed by atoms with van der Waals surface area (Å²) in [4.78, 5) is 28.4. The van der Waals surface area contributed by atoms with Crippen molar-refractivity contribution in [3.63, 3.8) is 0 Å². The van der Waals surface area contributed by atoms with Crippen LogP contribution in [0.4, 0.5) is 16.3 Å². The van der Waals surface area contributed by atoms with Gasteiger partial charge in [-0.25, -0.2) is 9.48 Å². The minimum Gasteiger partial charge on any atom is -0.497 e. The second-order valence-corrected chi connectivity index (χ2v) is 11.4. The molecule has 2 N–H and O–H groups in total. The Kier molecular flexibility index (Phi) is 8.77. The molecule has 0 aliphatic carbocycles. The quantitative estimate of drug-likeness (QED) is 0.243. The Morgan fingerprint density at radius 1 is 0.975 bits per heavy atom. The molecular formula is C32H39N5O3. The van der Waals surface area contributed by atoms with Crippen LogP contribution in [0, 0.1) is 5.92 Å². The zero-order valence-electron chi connectivity index (χ0n) is 24.2. The summed E-state index contributed by atoms with van der Waals surface area (Å²) in [6, 6.07) is 22.7. The van der Waals surface area contributed by atoms with Crippen LogP contribution in [0.15, 0.2) is 72.8 Å². The summed E-state index contributed by atoms with van der Waals surface area (Å²) in [6.45, 7) is 10.8. The molecule has 0 aliphatic rings. The molecule has 8 heteroatoms. The predicted molar refractivity (Wildman–Crippen MR) is 161 cm³/mol. The summed E-state index contributed by atoms with van der Waals surface area (Å²) in [5.74, 6) is 1.35. The molecule has 4 rings (SSSR count). The van der Waals surface area contributed by atoms with Gasteiger partial charge in [-0.3, -0.25) is 4.79 Å². The van der Waals surface area contributed by atoms with Gasteiger partial charge in [0.05, 0.1) is 24.2 Å². The summed E-state index contributed by atoms with van der Waals surface area (Å²) in [6.07, 6.45) is 0.772. The lowest BCUT2D eigenvalue weighted by Gasteiger charge is -2.24. The van der Waals surface area contributed by atoms with Crippen molar-refractivity contribution in [2.45, 2.75) is 46.5 Å². The van der Waals surface area contributed by atoms with E-state index in [0.717, 1.165) is 34.3 Å². The molecule has 8 nitrogen and oxygen atoms in total. The lowest BCUT2D eigenvalue weighted by Crippen LogP contribution is -2.41. The largest absolute Gasteiger partial charge is 0.497 e. The fourth-order valence-corrected chi connectivity index (χ4v) is 4.31. The number of rotatable bonds is 9. The number of fused-ring (bicyclic) bond motifs is 1. The molecule has 3 amide bonds. The van der Waals surface area contributed by atoms with E-state index in [1.165, 1.54) is 0 Å². The average molecular weight is 542 g/mol. The Balaban J connectivity index is 1.56. The van der Waals surface area contributed by atoms with Gasteiger partial charge in [0, 0.05) is 23.4 Å². The van der Waals surface area contributed by atoms with E-state index in [2.05, 4.69) is 45.3 Å². The van der Waals surface area contributed by atoms with Crippen molar-refractivity contribution in [1.82, 2.24) is 14.7 Å². The summed E-state index contributed by atoms with van der Waals surface area (Å²) < 4.78 is 7.00. The highest BCUT2D eigenvalue weighted by Gasteiger charge is 2.23. The molecule has 4 aromatic rings. The van der Waals surface area contributed by atoms with E-state index in [9.17, 15) is 9.59 Å². The molecule has 210 valence electrons. The van der Waals surface area contributed by atoms with Crippen molar-refractivity contribution in [2.75, 3.05) is 30.8 Å². The SMILES string of the molecule is COc1ccc(-n2nc(C(C)(C)C)cc2NC(=O)CN(CCC(C)C)C(=O)Nc2cccc3ccccc23)cc1. The van der Waals surface area contributed by atoms with E-state index in [-0.39, 0.29) is 23.9 Å².